The molecule has 0 spiro atoms. The third-order valence-corrected chi connectivity index (χ3v) is 2.96. The van der Waals surface area contributed by atoms with Gasteiger partial charge in [-0.15, -0.1) is 0 Å². The Hall–Kier alpha value is -0.530. The first-order valence-corrected chi connectivity index (χ1v) is 5.08. The van der Waals surface area contributed by atoms with Crippen molar-refractivity contribution in [2.24, 2.45) is 11.7 Å². The molecule has 70 valence electrons. The Balaban J connectivity index is 2.43. The maximum absolute atomic E-state index is 6.04. The van der Waals surface area contributed by atoms with Crippen LogP contribution in [0.2, 0.25) is 5.02 Å². The largest absolute Gasteiger partial charge is 0.324 e. The first kappa shape index (κ1) is 9.04. The van der Waals surface area contributed by atoms with Crippen LogP contribution in [0.15, 0.2) is 18.2 Å². The van der Waals surface area contributed by atoms with Crippen LogP contribution in [0.1, 0.15) is 30.5 Å². The fourth-order valence-corrected chi connectivity index (χ4v) is 2.33. The average molecular weight is 196 g/mol. The SMILES string of the molecule is CC1Cc2cc(Cl)ccc2C(N)C1. The van der Waals surface area contributed by atoms with Crippen LogP contribution in [-0.2, 0) is 6.42 Å². The van der Waals surface area contributed by atoms with Gasteiger partial charge in [0.25, 0.3) is 0 Å². The van der Waals surface area contributed by atoms with Crippen LogP contribution in [0, 0.1) is 5.92 Å². The lowest BCUT2D eigenvalue weighted by atomic mass is 9.82. The third-order valence-electron chi connectivity index (χ3n) is 2.73. The summed E-state index contributed by atoms with van der Waals surface area (Å²) in [5, 5.41) is 0.819. The zero-order valence-corrected chi connectivity index (χ0v) is 8.51. The molecule has 0 aliphatic heterocycles. The highest BCUT2D eigenvalue weighted by Crippen LogP contribution is 2.32. The van der Waals surface area contributed by atoms with Crippen LogP contribution in [0.3, 0.4) is 0 Å². The van der Waals surface area contributed by atoms with Crippen molar-refractivity contribution in [2.75, 3.05) is 0 Å². The fourth-order valence-electron chi connectivity index (χ4n) is 2.13. The first-order chi connectivity index (χ1) is 6.16. The zero-order chi connectivity index (χ0) is 9.42. The van der Waals surface area contributed by atoms with Gasteiger partial charge in [0.2, 0.25) is 0 Å². The molecule has 0 aromatic heterocycles. The number of benzene rings is 1. The topological polar surface area (TPSA) is 26.0 Å². The molecule has 1 aromatic carbocycles. The van der Waals surface area contributed by atoms with Gasteiger partial charge in [-0.2, -0.15) is 0 Å². The highest BCUT2D eigenvalue weighted by molar-refractivity contribution is 6.30. The van der Waals surface area contributed by atoms with Gasteiger partial charge in [0.1, 0.15) is 0 Å². The Labute approximate surface area is 83.9 Å². The predicted octanol–water partition coefficient (Wildman–Crippen LogP) is 2.92. The van der Waals surface area contributed by atoms with Gasteiger partial charge in [0.05, 0.1) is 0 Å². The maximum atomic E-state index is 6.04. The van der Waals surface area contributed by atoms with E-state index in [1.165, 1.54) is 11.1 Å². The van der Waals surface area contributed by atoms with Gasteiger partial charge in [0.15, 0.2) is 0 Å². The lowest BCUT2D eigenvalue weighted by Gasteiger charge is -2.27. The second-order valence-corrected chi connectivity index (χ2v) is 4.43. The van der Waals surface area contributed by atoms with Crippen LogP contribution >= 0.6 is 11.6 Å². The van der Waals surface area contributed by atoms with Gasteiger partial charge in [-0.05, 0) is 42.0 Å². The first-order valence-electron chi connectivity index (χ1n) is 4.70. The van der Waals surface area contributed by atoms with Gasteiger partial charge in [-0.3, -0.25) is 0 Å². The molecule has 1 aliphatic rings. The summed E-state index contributed by atoms with van der Waals surface area (Å²) in [7, 11) is 0. The summed E-state index contributed by atoms with van der Waals surface area (Å²) >= 11 is 5.93. The van der Waals surface area contributed by atoms with E-state index in [0.717, 1.165) is 17.9 Å². The molecule has 2 N–H and O–H groups in total. The highest BCUT2D eigenvalue weighted by atomic mass is 35.5. The molecule has 0 saturated carbocycles. The number of halogens is 1. The molecule has 1 nitrogen and oxygen atoms in total. The van der Waals surface area contributed by atoms with E-state index in [4.69, 9.17) is 17.3 Å². The minimum Gasteiger partial charge on any atom is -0.324 e. The van der Waals surface area contributed by atoms with Crippen molar-refractivity contribution in [1.82, 2.24) is 0 Å². The van der Waals surface area contributed by atoms with Crippen molar-refractivity contribution in [2.45, 2.75) is 25.8 Å². The van der Waals surface area contributed by atoms with Gasteiger partial charge in [-0.1, -0.05) is 24.6 Å². The molecule has 2 heteroatoms. The summed E-state index contributed by atoms with van der Waals surface area (Å²) in [6, 6.07) is 6.24. The Morgan fingerprint density at radius 3 is 3.00 bits per heavy atom. The van der Waals surface area contributed by atoms with Gasteiger partial charge < -0.3 is 5.73 Å². The maximum Gasteiger partial charge on any atom is 0.0408 e. The second kappa shape index (κ2) is 3.32. The van der Waals surface area contributed by atoms with Crippen molar-refractivity contribution < 1.29 is 0 Å². The van der Waals surface area contributed by atoms with Crippen molar-refractivity contribution in [3.8, 4) is 0 Å². The van der Waals surface area contributed by atoms with Gasteiger partial charge >= 0.3 is 0 Å². The molecule has 2 unspecified atom stereocenters. The number of nitrogens with two attached hydrogens (primary N) is 1. The van der Waals surface area contributed by atoms with E-state index in [2.05, 4.69) is 13.0 Å². The Morgan fingerprint density at radius 1 is 1.46 bits per heavy atom. The van der Waals surface area contributed by atoms with Crippen LogP contribution < -0.4 is 5.73 Å². The van der Waals surface area contributed by atoms with Crippen molar-refractivity contribution in [3.63, 3.8) is 0 Å². The number of hydrogen-bond donors (Lipinski definition) is 1. The summed E-state index contributed by atoms with van der Waals surface area (Å²) in [6.07, 6.45) is 2.21. The molecular formula is C11H14ClN. The standard InChI is InChI=1S/C11H14ClN/c1-7-4-8-6-9(12)2-3-10(8)11(13)5-7/h2-3,6-7,11H,4-5,13H2,1H3. The lowest BCUT2D eigenvalue weighted by molar-refractivity contribution is 0.439. The normalized spacial score (nSPS) is 27.0. The molecule has 1 aromatic rings. The summed E-state index contributed by atoms with van der Waals surface area (Å²) in [6.45, 7) is 2.24. The summed E-state index contributed by atoms with van der Waals surface area (Å²) < 4.78 is 0. The molecule has 2 rings (SSSR count). The van der Waals surface area contributed by atoms with E-state index in [-0.39, 0.29) is 6.04 Å². The van der Waals surface area contributed by atoms with Gasteiger partial charge in [0, 0.05) is 11.1 Å². The molecule has 1 aliphatic carbocycles. The average Bonchev–Trinajstić information content (AvgIpc) is 2.02. The lowest BCUT2D eigenvalue weighted by Crippen LogP contribution is -2.22. The number of hydrogen-bond acceptors (Lipinski definition) is 1. The van der Waals surface area contributed by atoms with Crippen molar-refractivity contribution in [3.05, 3.63) is 34.3 Å². The highest BCUT2D eigenvalue weighted by Gasteiger charge is 2.21. The summed E-state index contributed by atoms with van der Waals surface area (Å²) in [5.74, 6) is 0.681. The van der Waals surface area contributed by atoms with Crippen LogP contribution in [0.5, 0.6) is 0 Å². The zero-order valence-electron chi connectivity index (χ0n) is 7.76. The van der Waals surface area contributed by atoms with Gasteiger partial charge in [-0.25, -0.2) is 0 Å². The summed E-state index contributed by atoms with van der Waals surface area (Å²) in [5.41, 5.74) is 8.66. The van der Waals surface area contributed by atoms with E-state index in [1.807, 2.05) is 12.1 Å². The van der Waals surface area contributed by atoms with Crippen molar-refractivity contribution >= 4 is 11.6 Å². The van der Waals surface area contributed by atoms with Crippen LogP contribution in [0.25, 0.3) is 0 Å². The second-order valence-electron chi connectivity index (χ2n) is 3.99. The molecule has 0 radical (unpaired) electrons. The molecule has 13 heavy (non-hydrogen) atoms. The smallest absolute Gasteiger partial charge is 0.0408 e. The third kappa shape index (κ3) is 1.72. The molecule has 0 amide bonds. The molecule has 0 saturated heterocycles. The minimum atomic E-state index is 0.205. The Morgan fingerprint density at radius 2 is 2.23 bits per heavy atom. The van der Waals surface area contributed by atoms with E-state index in [9.17, 15) is 0 Å². The molecule has 0 bridgehead atoms. The van der Waals surface area contributed by atoms with E-state index < -0.39 is 0 Å². The molecule has 0 heterocycles. The fraction of sp³-hybridized carbons (Fsp3) is 0.455. The van der Waals surface area contributed by atoms with E-state index in [0.29, 0.717) is 5.92 Å². The minimum absolute atomic E-state index is 0.205. The van der Waals surface area contributed by atoms with Crippen LogP contribution in [0.4, 0.5) is 0 Å². The molecular weight excluding hydrogens is 182 g/mol. The summed E-state index contributed by atoms with van der Waals surface area (Å²) in [4.78, 5) is 0. The molecule has 2 atom stereocenters. The number of rotatable bonds is 0. The van der Waals surface area contributed by atoms with Crippen LogP contribution in [-0.4, -0.2) is 0 Å². The Bertz CT molecular complexity index is 322. The number of fused-ring (bicyclic) bond motifs is 1. The Kier molecular flexibility index (Phi) is 2.31. The van der Waals surface area contributed by atoms with Crippen molar-refractivity contribution in [1.29, 1.82) is 0 Å². The predicted molar refractivity (Wildman–Crippen MR) is 55.9 cm³/mol. The molecule has 0 fully saturated rings. The quantitative estimate of drug-likeness (QED) is 0.677. The monoisotopic (exact) mass is 195 g/mol. The van der Waals surface area contributed by atoms with E-state index >= 15 is 0 Å². The van der Waals surface area contributed by atoms with E-state index in [1.54, 1.807) is 0 Å².